The highest BCUT2D eigenvalue weighted by Crippen LogP contribution is 2.11. The Balaban J connectivity index is 2.64. The van der Waals surface area contributed by atoms with E-state index >= 15 is 0 Å². The minimum absolute atomic E-state index is 0.0244. The first-order valence-corrected chi connectivity index (χ1v) is 6.65. The monoisotopic (exact) mass is 256 g/mol. The Morgan fingerprint density at radius 1 is 1.50 bits per heavy atom. The molecule has 0 radical (unpaired) electrons. The normalized spacial score (nSPS) is 22.6. The fourth-order valence-corrected chi connectivity index (χ4v) is 2.27. The molecular formula is C13H24N2O3. The Kier molecular flexibility index (Phi) is 6.12. The number of methoxy groups -OCH3 is 1. The maximum Gasteiger partial charge on any atom is 0.245 e. The van der Waals surface area contributed by atoms with Gasteiger partial charge in [-0.15, -0.1) is 0 Å². The van der Waals surface area contributed by atoms with Gasteiger partial charge in [-0.2, -0.15) is 0 Å². The molecule has 0 aliphatic carbocycles. The predicted octanol–water partition coefficient (Wildman–Crippen LogP) is 0.786. The van der Waals surface area contributed by atoms with Crippen LogP contribution in [0.25, 0.3) is 0 Å². The second-order valence-corrected chi connectivity index (χ2v) is 5.00. The van der Waals surface area contributed by atoms with Crippen LogP contribution in [-0.2, 0) is 14.3 Å². The zero-order chi connectivity index (χ0) is 13.5. The van der Waals surface area contributed by atoms with Crippen LogP contribution in [0.4, 0.5) is 0 Å². The lowest BCUT2D eigenvalue weighted by molar-refractivity contribution is -0.134. The molecule has 2 unspecified atom stereocenters. The largest absolute Gasteiger partial charge is 0.384 e. The molecule has 1 aliphatic heterocycles. The van der Waals surface area contributed by atoms with Crippen molar-refractivity contribution in [2.45, 2.75) is 39.2 Å². The quantitative estimate of drug-likeness (QED) is 0.764. The van der Waals surface area contributed by atoms with E-state index in [0.717, 1.165) is 6.42 Å². The minimum atomic E-state index is -0.347. The molecule has 1 saturated heterocycles. The fourth-order valence-electron chi connectivity index (χ4n) is 2.27. The minimum Gasteiger partial charge on any atom is -0.384 e. The maximum absolute atomic E-state index is 12.3. The number of amides is 2. The lowest BCUT2D eigenvalue weighted by Gasteiger charge is -2.26. The molecule has 5 heteroatoms. The van der Waals surface area contributed by atoms with Crippen LogP contribution in [0, 0.1) is 5.92 Å². The molecule has 5 nitrogen and oxygen atoms in total. The van der Waals surface area contributed by atoms with E-state index in [0.29, 0.717) is 32.5 Å². The van der Waals surface area contributed by atoms with Gasteiger partial charge in [0, 0.05) is 26.6 Å². The molecule has 1 N–H and O–H groups in total. The highest BCUT2D eigenvalue weighted by molar-refractivity contribution is 5.89. The van der Waals surface area contributed by atoms with Crippen molar-refractivity contribution in [2.24, 2.45) is 5.92 Å². The average Bonchev–Trinajstić information content (AvgIpc) is 2.44. The molecule has 1 rings (SSSR count). The average molecular weight is 256 g/mol. The zero-order valence-electron chi connectivity index (χ0n) is 11.6. The molecule has 104 valence electrons. The maximum atomic E-state index is 12.3. The van der Waals surface area contributed by atoms with Crippen molar-refractivity contribution >= 4 is 11.8 Å². The number of rotatable bonds is 6. The van der Waals surface area contributed by atoms with Crippen LogP contribution >= 0.6 is 0 Å². The molecular weight excluding hydrogens is 232 g/mol. The molecule has 1 heterocycles. The number of nitrogens with zero attached hydrogens (tertiary/aromatic N) is 1. The van der Waals surface area contributed by atoms with E-state index in [1.807, 2.05) is 13.8 Å². The smallest absolute Gasteiger partial charge is 0.245 e. The molecule has 1 fully saturated rings. The summed E-state index contributed by atoms with van der Waals surface area (Å²) in [7, 11) is 1.66. The van der Waals surface area contributed by atoms with Gasteiger partial charge in [-0.05, 0) is 12.3 Å². The molecule has 0 spiro atoms. The zero-order valence-corrected chi connectivity index (χ0v) is 11.6. The SMILES string of the molecule is CCCC1NC(=O)CCN(CC(C)COC)C1=O. The third-order valence-corrected chi connectivity index (χ3v) is 3.11. The topological polar surface area (TPSA) is 58.6 Å². The molecule has 2 amide bonds. The molecule has 0 aromatic heterocycles. The van der Waals surface area contributed by atoms with Crippen LogP contribution in [0.2, 0.25) is 0 Å². The van der Waals surface area contributed by atoms with Crippen molar-refractivity contribution < 1.29 is 14.3 Å². The van der Waals surface area contributed by atoms with Gasteiger partial charge in [-0.1, -0.05) is 20.3 Å². The van der Waals surface area contributed by atoms with Crippen LogP contribution in [0.15, 0.2) is 0 Å². The van der Waals surface area contributed by atoms with E-state index in [-0.39, 0.29) is 23.8 Å². The molecule has 1 aliphatic rings. The van der Waals surface area contributed by atoms with Crippen LogP contribution in [0.5, 0.6) is 0 Å². The van der Waals surface area contributed by atoms with Gasteiger partial charge >= 0.3 is 0 Å². The summed E-state index contributed by atoms with van der Waals surface area (Å²) in [6.07, 6.45) is 1.99. The highest BCUT2D eigenvalue weighted by Gasteiger charge is 2.29. The van der Waals surface area contributed by atoms with E-state index in [1.54, 1.807) is 12.0 Å². The summed E-state index contributed by atoms with van der Waals surface area (Å²) in [5, 5.41) is 2.80. The standard InChI is InChI=1S/C13H24N2O3/c1-4-5-11-13(17)15(7-6-12(16)14-11)8-10(2)9-18-3/h10-11H,4-9H2,1-3H3,(H,14,16). The summed E-state index contributed by atoms with van der Waals surface area (Å²) >= 11 is 0. The van der Waals surface area contributed by atoms with Gasteiger partial charge in [0.1, 0.15) is 6.04 Å². The molecule has 0 aromatic rings. The first kappa shape index (κ1) is 15.0. The summed E-state index contributed by atoms with van der Waals surface area (Å²) in [4.78, 5) is 25.6. The van der Waals surface area contributed by atoms with E-state index < -0.39 is 0 Å². The molecule has 2 atom stereocenters. The fraction of sp³-hybridized carbons (Fsp3) is 0.846. The Morgan fingerprint density at radius 3 is 2.83 bits per heavy atom. The Bertz CT molecular complexity index is 294. The Hall–Kier alpha value is -1.10. The summed E-state index contributed by atoms with van der Waals surface area (Å²) in [5.41, 5.74) is 0. The van der Waals surface area contributed by atoms with Crippen LogP contribution < -0.4 is 5.32 Å². The van der Waals surface area contributed by atoms with Crippen molar-refractivity contribution in [3.8, 4) is 0 Å². The highest BCUT2D eigenvalue weighted by atomic mass is 16.5. The van der Waals surface area contributed by atoms with Crippen molar-refractivity contribution in [1.29, 1.82) is 0 Å². The molecule has 18 heavy (non-hydrogen) atoms. The van der Waals surface area contributed by atoms with Crippen molar-refractivity contribution in [3.05, 3.63) is 0 Å². The number of carbonyl (C=O) groups is 2. The van der Waals surface area contributed by atoms with Gasteiger partial charge in [0.05, 0.1) is 6.61 Å². The third-order valence-electron chi connectivity index (χ3n) is 3.11. The molecule has 0 bridgehead atoms. The summed E-state index contributed by atoms with van der Waals surface area (Å²) in [5.74, 6) is 0.309. The van der Waals surface area contributed by atoms with E-state index in [1.165, 1.54) is 0 Å². The molecule has 0 aromatic carbocycles. The number of hydrogen-bond acceptors (Lipinski definition) is 3. The van der Waals surface area contributed by atoms with Crippen LogP contribution in [0.3, 0.4) is 0 Å². The van der Waals surface area contributed by atoms with Gasteiger partial charge < -0.3 is 15.0 Å². The van der Waals surface area contributed by atoms with Gasteiger partial charge in [0.15, 0.2) is 0 Å². The van der Waals surface area contributed by atoms with E-state index in [9.17, 15) is 9.59 Å². The Labute approximate surface area is 109 Å². The van der Waals surface area contributed by atoms with E-state index in [4.69, 9.17) is 4.74 Å². The van der Waals surface area contributed by atoms with E-state index in [2.05, 4.69) is 5.32 Å². The summed E-state index contributed by atoms with van der Waals surface area (Å²) in [6.45, 7) is 5.86. The second kappa shape index (κ2) is 7.36. The van der Waals surface area contributed by atoms with Gasteiger partial charge in [0.2, 0.25) is 11.8 Å². The third kappa shape index (κ3) is 4.29. The van der Waals surface area contributed by atoms with Gasteiger partial charge in [0.25, 0.3) is 0 Å². The van der Waals surface area contributed by atoms with Crippen molar-refractivity contribution in [3.63, 3.8) is 0 Å². The van der Waals surface area contributed by atoms with Crippen LogP contribution in [-0.4, -0.2) is 49.6 Å². The number of ether oxygens (including phenoxy) is 1. The van der Waals surface area contributed by atoms with Crippen molar-refractivity contribution in [2.75, 3.05) is 26.8 Å². The van der Waals surface area contributed by atoms with Crippen molar-refractivity contribution in [1.82, 2.24) is 10.2 Å². The van der Waals surface area contributed by atoms with Crippen LogP contribution in [0.1, 0.15) is 33.1 Å². The number of nitrogens with one attached hydrogen (secondary N) is 1. The molecule has 0 saturated carbocycles. The lowest BCUT2D eigenvalue weighted by Crippen LogP contribution is -2.46. The first-order chi connectivity index (χ1) is 8.58. The number of hydrogen-bond donors (Lipinski definition) is 1. The van der Waals surface area contributed by atoms with Gasteiger partial charge in [-0.25, -0.2) is 0 Å². The second-order valence-electron chi connectivity index (χ2n) is 5.00. The summed E-state index contributed by atoms with van der Waals surface area (Å²) < 4.78 is 5.09. The summed E-state index contributed by atoms with van der Waals surface area (Å²) in [6, 6.07) is -0.347. The first-order valence-electron chi connectivity index (χ1n) is 6.65. The predicted molar refractivity (Wildman–Crippen MR) is 69.1 cm³/mol. The Morgan fingerprint density at radius 2 is 2.22 bits per heavy atom. The number of carbonyl (C=O) groups excluding carboxylic acids is 2. The van der Waals surface area contributed by atoms with Gasteiger partial charge in [-0.3, -0.25) is 9.59 Å². The lowest BCUT2D eigenvalue weighted by atomic mass is 10.1.